The third-order valence-corrected chi connectivity index (χ3v) is 8.84. The lowest BCUT2D eigenvalue weighted by atomic mass is 9.76. The molecule has 0 saturated carbocycles. The number of aromatic nitrogens is 4. The lowest BCUT2D eigenvalue weighted by Crippen LogP contribution is -2.41. The molecule has 1 spiro atoms. The first kappa shape index (κ1) is 21.8. The van der Waals surface area contributed by atoms with Crippen LogP contribution >= 0.6 is 23.4 Å². The molecule has 7 heteroatoms. The molecule has 1 aliphatic heterocycles. The SMILES string of the molecule is Cc1ccc2c(c1)CC1(CCN(c3cnc4nc(Sc5ccnc(C)c5Cl)ccc4n3)CC1)C2. The largest absolute Gasteiger partial charge is 0.355 e. The van der Waals surface area contributed by atoms with E-state index in [1.54, 1.807) is 17.3 Å². The third-order valence-electron chi connectivity index (χ3n) is 7.25. The van der Waals surface area contributed by atoms with Crippen LogP contribution in [-0.4, -0.2) is 33.0 Å². The van der Waals surface area contributed by atoms with Gasteiger partial charge < -0.3 is 4.90 Å². The number of pyridine rings is 2. The van der Waals surface area contributed by atoms with Crippen molar-refractivity contribution in [3.63, 3.8) is 0 Å². The lowest BCUT2D eigenvalue weighted by Gasteiger charge is -2.39. The van der Waals surface area contributed by atoms with Crippen LogP contribution in [0.5, 0.6) is 0 Å². The van der Waals surface area contributed by atoms with Crippen LogP contribution in [0.1, 0.15) is 35.2 Å². The van der Waals surface area contributed by atoms with Gasteiger partial charge in [0.15, 0.2) is 5.65 Å². The molecule has 6 rings (SSSR count). The van der Waals surface area contributed by atoms with Crippen molar-refractivity contribution >= 4 is 40.3 Å². The van der Waals surface area contributed by atoms with E-state index in [1.807, 2.05) is 31.3 Å². The van der Waals surface area contributed by atoms with Gasteiger partial charge in [-0.25, -0.2) is 15.0 Å². The van der Waals surface area contributed by atoms with Crippen molar-refractivity contribution < 1.29 is 0 Å². The molecule has 34 heavy (non-hydrogen) atoms. The number of halogens is 1. The molecule has 1 aromatic carbocycles. The van der Waals surface area contributed by atoms with Gasteiger partial charge in [0.25, 0.3) is 0 Å². The minimum atomic E-state index is 0.414. The number of rotatable bonds is 3. The molecule has 2 aliphatic rings. The van der Waals surface area contributed by atoms with E-state index in [1.165, 1.54) is 43.0 Å². The number of aryl methyl sites for hydroxylation is 2. The van der Waals surface area contributed by atoms with Crippen molar-refractivity contribution in [3.8, 4) is 0 Å². The molecule has 4 heterocycles. The first-order chi connectivity index (χ1) is 16.5. The van der Waals surface area contributed by atoms with E-state index in [9.17, 15) is 0 Å². The van der Waals surface area contributed by atoms with Crippen molar-refractivity contribution in [3.05, 3.63) is 76.2 Å². The maximum atomic E-state index is 6.40. The fourth-order valence-corrected chi connectivity index (χ4v) is 6.42. The highest BCUT2D eigenvalue weighted by Gasteiger charge is 2.40. The van der Waals surface area contributed by atoms with Crippen molar-refractivity contribution in [1.82, 2.24) is 19.9 Å². The summed E-state index contributed by atoms with van der Waals surface area (Å²) in [5, 5.41) is 1.51. The minimum Gasteiger partial charge on any atom is -0.355 e. The predicted molar refractivity (Wildman–Crippen MR) is 138 cm³/mol. The smallest absolute Gasteiger partial charge is 0.179 e. The molecule has 4 aromatic rings. The zero-order valence-electron chi connectivity index (χ0n) is 19.4. The summed E-state index contributed by atoms with van der Waals surface area (Å²) in [5.41, 5.74) is 7.19. The van der Waals surface area contributed by atoms with Crippen molar-refractivity contribution in [2.45, 2.75) is 49.5 Å². The second kappa shape index (κ2) is 8.51. The highest BCUT2D eigenvalue weighted by Crippen LogP contribution is 2.45. The quantitative estimate of drug-likeness (QED) is 0.341. The Balaban J connectivity index is 1.16. The van der Waals surface area contributed by atoms with Crippen LogP contribution in [0, 0.1) is 19.3 Å². The first-order valence-corrected chi connectivity index (χ1v) is 12.9. The van der Waals surface area contributed by atoms with Gasteiger partial charge in [-0.1, -0.05) is 47.1 Å². The second-order valence-electron chi connectivity index (χ2n) is 9.64. The Hall–Kier alpha value is -2.70. The van der Waals surface area contributed by atoms with E-state index in [4.69, 9.17) is 21.6 Å². The van der Waals surface area contributed by atoms with E-state index in [0.29, 0.717) is 16.1 Å². The Labute approximate surface area is 209 Å². The van der Waals surface area contributed by atoms with Crippen LogP contribution in [0.3, 0.4) is 0 Å². The standard InChI is InChI=1S/C27H26ClN5S/c1-17-3-4-19-14-27(15-20(19)13-17)8-11-33(12-9-27)23-16-30-26-21(31-23)5-6-24(32-26)34-22-7-10-29-18(2)25(22)28/h3-7,10,13,16H,8-9,11-12,14-15H2,1-2H3. The van der Waals surface area contributed by atoms with Gasteiger partial charge in [-0.05, 0) is 74.3 Å². The maximum absolute atomic E-state index is 6.40. The molecule has 172 valence electrons. The molecule has 0 radical (unpaired) electrons. The number of benzene rings is 1. The summed E-state index contributed by atoms with van der Waals surface area (Å²) >= 11 is 7.92. The first-order valence-electron chi connectivity index (χ1n) is 11.7. The van der Waals surface area contributed by atoms with Gasteiger partial charge in [0.05, 0.1) is 16.9 Å². The van der Waals surface area contributed by atoms with Crippen LogP contribution in [0.25, 0.3) is 11.2 Å². The Morgan fingerprint density at radius 3 is 2.62 bits per heavy atom. The van der Waals surface area contributed by atoms with Gasteiger partial charge in [0.2, 0.25) is 0 Å². The summed E-state index contributed by atoms with van der Waals surface area (Å²) in [6.07, 6.45) is 8.46. The third kappa shape index (κ3) is 4.03. The Bertz CT molecular complexity index is 1400. The zero-order valence-corrected chi connectivity index (χ0v) is 21.0. The molecular weight excluding hydrogens is 462 g/mol. The minimum absolute atomic E-state index is 0.414. The van der Waals surface area contributed by atoms with E-state index in [2.05, 4.69) is 40.0 Å². The summed E-state index contributed by atoms with van der Waals surface area (Å²) in [6.45, 7) is 6.14. The maximum Gasteiger partial charge on any atom is 0.179 e. The summed E-state index contributed by atoms with van der Waals surface area (Å²) in [6, 6.07) is 12.9. The highest BCUT2D eigenvalue weighted by atomic mass is 35.5. The van der Waals surface area contributed by atoms with Crippen LogP contribution in [0.15, 0.2) is 58.7 Å². The molecule has 0 N–H and O–H groups in total. The molecule has 0 unspecified atom stereocenters. The average Bonchev–Trinajstić information content (AvgIpc) is 3.19. The molecule has 1 saturated heterocycles. The van der Waals surface area contributed by atoms with Crippen LogP contribution in [-0.2, 0) is 12.8 Å². The van der Waals surface area contributed by atoms with Gasteiger partial charge in [-0.3, -0.25) is 4.98 Å². The summed E-state index contributed by atoms with van der Waals surface area (Å²) in [5.74, 6) is 0.948. The van der Waals surface area contributed by atoms with Crippen molar-refractivity contribution in [2.75, 3.05) is 18.0 Å². The van der Waals surface area contributed by atoms with E-state index in [-0.39, 0.29) is 0 Å². The number of hydrogen-bond donors (Lipinski definition) is 0. The lowest BCUT2D eigenvalue weighted by molar-refractivity contribution is 0.232. The topological polar surface area (TPSA) is 54.8 Å². The fourth-order valence-electron chi connectivity index (χ4n) is 5.33. The molecule has 3 aromatic heterocycles. The van der Waals surface area contributed by atoms with Crippen molar-refractivity contribution in [2.24, 2.45) is 5.41 Å². The number of nitrogens with zero attached hydrogens (tertiary/aromatic N) is 5. The molecule has 1 fully saturated rings. The summed E-state index contributed by atoms with van der Waals surface area (Å²) in [4.78, 5) is 21.8. The zero-order chi connectivity index (χ0) is 23.3. The number of anilines is 1. The van der Waals surface area contributed by atoms with Crippen LogP contribution in [0.2, 0.25) is 5.02 Å². The van der Waals surface area contributed by atoms with Gasteiger partial charge in [0, 0.05) is 24.2 Å². The number of hydrogen-bond acceptors (Lipinski definition) is 6. The van der Waals surface area contributed by atoms with Gasteiger partial charge in [0.1, 0.15) is 16.4 Å². The predicted octanol–water partition coefficient (Wildman–Crippen LogP) is 6.23. The fraction of sp³-hybridized carbons (Fsp3) is 0.333. The molecular formula is C27H26ClN5S. The number of piperidine rings is 1. The van der Waals surface area contributed by atoms with E-state index < -0.39 is 0 Å². The Kier molecular flexibility index (Phi) is 5.46. The molecule has 0 amide bonds. The van der Waals surface area contributed by atoms with E-state index >= 15 is 0 Å². The molecule has 0 atom stereocenters. The Morgan fingerprint density at radius 2 is 1.76 bits per heavy atom. The Morgan fingerprint density at radius 1 is 0.941 bits per heavy atom. The normalized spacial score (nSPS) is 16.9. The highest BCUT2D eigenvalue weighted by molar-refractivity contribution is 7.99. The van der Waals surface area contributed by atoms with Gasteiger partial charge in [-0.15, -0.1) is 0 Å². The number of fused-ring (bicyclic) bond motifs is 2. The monoisotopic (exact) mass is 487 g/mol. The van der Waals surface area contributed by atoms with E-state index in [0.717, 1.165) is 40.0 Å². The van der Waals surface area contributed by atoms with Gasteiger partial charge in [-0.2, -0.15) is 0 Å². The van der Waals surface area contributed by atoms with Crippen LogP contribution < -0.4 is 4.90 Å². The average molecular weight is 488 g/mol. The molecule has 1 aliphatic carbocycles. The van der Waals surface area contributed by atoms with Crippen LogP contribution in [0.4, 0.5) is 5.82 Å². The molecule has 5 nitrogen and oxygen atoms in total. The summed E-state index contributed by atoms with van der Waals surface area (Å²) < 4.78 is 0. The summed E-state index contributed by atoms with van der Waals surface area (Å²) in [7, 11) is 0. The molecule has 0 bridgehead atoms. The second-order valence-corrected chi connectivity index (χ2v) is 11.1. The van der Waals surface area contributed by atoms with Crippen molar-refractivity contribution in [1.29, 1.82) is 0 Å². The van der Waals surface area contributed by atoms with Gasteiger partial charge >= 0.3 is 0 Å².